The van der Waals surface area contributed by atoms with Crippen LogP contribution in [-0.4, -0.2) is 24.7 Å². The maximum Gasteiger partial charge on any atom is 0.494 e. The van der Waals surface area contributed by atoms with Crippen LogP contribution in [0.3, 0.4) is 0 Å². The normalized spacial score (nSPS) is 10.7. The van der Waals surface area contributed by atoms with Gasteiger partial charge < -0.3 is 14.9 Å². The molecule has 0 fully saturated rings. The Morgan fingerprint density at radius 2 is 2.10 bits per heavy atom. The van der Waals surface area contributed by atoms with Crippen molar-refractivity contribution in [3.8, 4) is 11.8 Å². The van der Waals surface area contributed by atoms with E-state index in [1.54, 1.807) is 12.3 Å². The fourth-order valence-electron chi connectivity index (χ4n) is 1.78. The van der Waals surface area contributed by atoms with Crippen molar-refractivity contribution in [2.45, 2.75) is 0 Å². The van der Waals surface area contributed by atoms with Crippen LogP contribution in [-0.2, 0) is 7.05 Å². The smallest absolute Gasteiger partial charge is 0.409 e. The van der Waals surface area contributed by atoms with Crippen LogP contribution >= 0.6 is 0 Å². The number of para-hydroxylation sites is 1. The van der Waals surface area contributed by atoms with Crippen LogP contribution in [0, 0.1) is 10.1 Å². The van der Waals surface area contributed by atoms with Crippen molar-refractivity contribution >= 4 is 16.9 Å². The second kappa shape index (κ2) is 4.57. The van der Waals surface area contributed by atoms with Gasteiger partial charge >= 0.3 is 12.0 Å². The molecule has 0 N–H and O–H groups in total. The van der Waals surface area contributed by atoms with Crippen molar-refractivity contribution in [2.75, 3.05) is 0 Å². The van der Waals surface area contributed by atoms with Crippen LogP contribution < -0.4 is 4.74 Å². The molecule has 0 aliphatic carbocycles. The van der Waals surface area contributed by atoms with E-state index in [2.05, 4.69) is 15.1 Å². The van der Waals surface area contributed by atoms with Crippen molar-refractivity contribution in [1.29, 1.82) is 0 Å². The zero-order valence-electron chi connectivity index (χ0n) is 10.4. The zero-order chi connectivity index (χ0) is 14.1. The number of aryl methyl sites for hydroxylation is 1. The Kier molecular flexibility index (Phi) is 2.75. The highest BCUT2D eigenvalue weighted by Crippen LogP contribution is 2.27. The molecule has 0 radical (unpaired) electrons. The summed E-state index contributed by atoms with van der Waals surface area (Å²) in [6.45, 7) is 0. The maximum atomic E-state index is 10.6. The van der Waals surface area contributed by atoms with E-state index in [1.165, 1.54) is 11.7 Å². The fraction of sp³-hybridized carbons (Fsp3) is 0.0833. The van der Waals surface area contributed by atoms with Crippen LogP contribution in [0.15, 0.2) is 36.5 Å². The minimum absolute atomic E-state index is 0.0369. The number of aromatic nitrogens is 4. The molecule has 0 aliphatic heterocycles. The van der Waals surface area contributed by atoms with Gasteiger partial charge in [0.2, 0.25) is 0 Å². The van der Waals surface area contributed by atoms with Gasteiger partial charge in [0.05, 0.1) is 7.05 Å². The van der Waals surface area contributed by atoms with Crippen LogP contribution in [0.2, 0.25) is 0 Å². The molecule has 0 unspecified atom stereocenters. The van der Waals surface area contributed by atoms with Crippen LogP contribution in [0.5, 0.6) is 11.8 Å². The van der Waals surface area contributed by atoms with E-state index in [-0.39, 0.29) is 6.01 Å². The Hall–Kier alpha value is -3.03. The Morgan fingerprint density at radius 1 is 1.30 bits per heavy atom. The Balaban J connectivity index is 2.03. The lowest BCUT2D eigenvalue weighted by Crippen LogP contribution is -1.97. The molecule has 0 saturated heterocycles. The summed E-state index contributed by atoms with van der Waals surface area (Å²) in [7, 11) is 1.52. The Labute approximate surface area is 112 Å². The summed E-state index contributed by atoms with van der Waals surface area (Å²) in [5, 5.41) is 15.2. The van der Waals surface area contributed by atoms with Gasteiger partial charge in [-0.25, -0.2) is 0 Å². The molecule has 0 bridgehead atoms. The van der Waals surface area contributed by atoms with E-state index in [4.69, 9.17) is 4.74 Å². The summed E-state index contributed by atoms with van der Waals surface area (Å²) in [5.74, 6) is -0.0378. The molecule has 0 atom stereocenters. The molecule has 100 valence electrons. The van der Waals surface area contributed by atoms with E-state index in [9.17, 15) is 10.1 Å². The first kappa shape index (κ1) is 12.0. The first-order valence-electron chi connectivity index (χ1n) is 5.72. The second-order valence-corrected chi connectivity index (χ2v) is 4.01. The van der Waals surface area contributed by atoms with Gasteiger partial charge in [0, 0.05) is 16.7 Å². The molecule has 0 saturated carbocycles. The molecule has 2 aromatic heterocycles. The average molecular weight is 271 g/mol. The average Bonchev–Trinajstić information content (AvgIpc) is 2.81. The molecule has 0 spiro atoms. The molecule has 8 nitrogen and oxygen atoms in total. The third-order valence-corrected chi connectivity index (χ3v) is 2.67. The van der Waals surface area contributed by atoms with Gasteiger partial charge in [0.25, 0.3) is 0 Å². The number of benzene rings is 1. The number of rotatable bonds is 3. The Morgan fingerprint density at radius 3 is 2.85 bits per heavy atom. The number of hydrogen-bond donors (Lipinski definition) is 0. The number of nitro groups is 1. The van der Waals surface area contributed by atoms with Crippen molar-refractivity contribution < 1.29 is 9.66 Å². The standard InChI is InChI=1S/C12H9N5O3/c1-16-12(14-11(15-16)17(18)19)20-9-6-2-4-8-5-3-7-13-10(8)9/h2-7H,1H3. The van der Waals surface area contributed by atoms with E-state index < -0.39 is 10.9 Å². The zero-order valence-corrected chi connectivity index (χ0v) is 10.4. The number of pyridine rings is 1. The first-order valence-corrected chi connectivity index (χ1v) is 5.72. The summed E-state index contributed by atoms with van der Waals surface area (Å²) in [5.41, 5.74) is 0.653. The molecule has 20 heavy (non-hydrogen) atoms. The largest absolute Gasteiger partial charge is 0.494 e. The SMILES string of the molecule is Cn1nc([N+](=O)[O-])nc1Oc1cccc2cccnc12. The monoisotopic (exact) mass is 271 g/mol. The molecule has 3 aromatic rings. The quantitative estimate of drug-likeness (QED) is 0.534. The predicted octanol–water partition coefficient (Wildman–Crippen LogP) is 2.06. The predicted molar refractivity (Wildman–Crippen MR) is 69.5 cm³/mol. The highest BCUT2D eigenvalue weighted by atomic mass is 16.6. The molecule has 8 heteroatoms. The van der Waals surface area contributed by atoms with Crippen LogP contribution in [0.4, 0.5) is 5.95 Å². The summed E-state index contributed by atoms with van der Waals surface area (Å²) in [4.78, 5) is 17.9. The highest BCUT2D eigenvalue weighted by Gasteiger charge is 2.21. The lowest BCUT2D eigenvalue weighted by molar-refractivity contribution is -0.394. The molecular weight excluding hydrogens is 262 g/mol. The van der Waals surface area contributed by atoms with Gasteiger partial charge in [-0.05, 0) is 22.0 Å². The topological polar surface area (TPSA) is 96.0 Å². The summed E-state index contributed by atoms with van der Waals surface area (Å²) in [6, 6.07) is 9.18. The van der Waals surface area contributed by atoms with Gasteiger partial charge in [-0.1, -0.05) is 18.2 Å². The van der Waals surface area contributed by atoms with Crippen molar-refractivity contribution in [3.05, 3.63) is 46.6 Å². The maximum absolute atomic E-state index is 10.6. The van der Waals surface area contributed by atoms with Crippen molar-refractivity contribution in [2.24, 2.45) is 7.05 Å². The summed E-state index contributed by atoms with van der Waals surface area (Å²) >= 11 is 0. The first-order chi connectivity index (χ1) is 9.65. The lowest BCUT2D eigenvalue weighted by atomic mass is 10.2. The number of fused-ring (bicyclic) bond motifs is 1. The third-order valence-electron chi connectivity index (χ3n) is 2.67. The van der Waals surface area contributed by atoms with E-state index in [1.807, 2.05) is 24.3 Å². The number of ether oxygens (including phenoxy) is 1. The molecule has 3 rings (SSSR count). The molecular formula is C12H9N5O3. The molecule has 2 heterocycles. The van der Waals surface area contributed by atoms with Gasteiger partial charge in [-0.2, -0.15) is 0 Å². The van der Waals surface area contributed by atoms with E-state index in [0.29, 0.717) is 11.3 Å². The second-order valence-electron chi connectivity index (χ2n) is 4.01. The summed E-state index contributed by atoms with van der Waals surface area (Å²) < 4.78 is 6.78. The van der Waals surface area contributed by atoms with E-state index in [0.717, 1.165) is 5.39 Å². The van der Waals surface area contributed by atoms with Crippen molar-refractivity contribution in [3.63, 3.8) is 0 Å². The summed E-state index contributed by atoms with van der Waals surface area (Å²) in [6.07, 6.45) is 1.65. The van der Waals surface area contributed by atoms with Gasteiger partial charge in [0.15, 0.2) is 5.75 Å². The fourth-order valence-corrected chi connectivity index (χ4v) is 1.78. The molecule has 1 aromatic carbocycles. The molecule has 0 amide bonds. The van der Waals surface area contributed by atoms with E-state index >= 15 is 0 Å². The van der Waals surface area contributed by atoms with Crippen LogP contribution in [0.25, 0.3) is 10.9 Å². The van der Waals surface area contributed by atoms with Crippen LogP contribution in [0.1, 0.15) is 0 Å². The molecule has 0 aliphatic rings. The van der Waals surface area contributed by atoms with Gasteiger partial charge in [0.1, 0.15) is 5.52 Å². The highest BCUT2D eigenvalue weighted by molar-refractivity contribution is 5.84. The number of nitrogens with zero attached hydrogens (tertiary/aromatic N) is 5. The van der Waals surface area contributed by atoms with Gasteiger partial charge in [-0.15, -0.1) is 4.68 Å². The number of hydrogen-bond acceptors (Lipinski definition) is 6. The minimum atomic E-state index is -0.672. The van der Waals surface area contributed by atoms with Gasteiger partial charge in [-0.3, -0.25) is 4.98 Å². The Bertz CT molecular complexity index is 793. The third kappa shape index (κ3) is 2.03. The minimum Gasteiger partial charge on any atom is -0.409 e. The lowest BCUT2D eigenvalue weighted by Gasteiger charge is -2.04. The van der Waals surface area contributed by atoms with Crippen molar-refractivity contribution in [1.82, 2.24) is 19.7 Å².